The Balaban J connectivity index is 0.00000306. The Kier molecular flexibility index (Phi) is 8.30. The van der Waals surface area contributed by atoms with Crippen molar-refractivity contribution in [1.82, 2.24) is 4.90 Å². The summed E-state index contributed by atoms with van der Waals surface area (Å²) in [6.45, 7) is 6.53. The molecule has 0 unspecified atom stereocenters. The van der Waals surface area contributed by atoms with Gasteiger partial charge in [-0.05, 0) is 42.5 Å². The molecule has 0 bridgehead atoms. The lowest BCUT2D eigenvalue weighted by atomic mass is 10.0. The van der Waals surface area contributed by atoms with Gasteiger partial charge in [-0.1, -0.05) is 54.1 Å². The van der Waals surface area contributed by atoms with Gasteiger partial charge >= 0.3 is 5.97 Å². The number of amides is 1. The first kappa shape index (κ1) is 25.0. The van der Waals surface area contributed by atoms with Crippen molar-refractivity contribution in [2.24, 2.45) is 0 Å². The van der Waals surface area contributed by atoms with E-state index in [-0.39, 0.29) is 30.7 Å². The Morgan fingerprint density at radius 1 is 1.12 bits per heavy atom. The van der Waals surface area contributed by atoms with Crippen LogP contribution in [0.15, 0.2) is 48.5 Å². The molecule has 0 saturated carbocycles. The van der Waals surface area contributed by atoms with Crippen LogP contribution in [0.5, 0.6) is 0 Å². The molecule has 2 aromatic carbocycles. The Labute approximate surface area is 205 Å². The maximum absolute atomic E-state index is 12.8. The van der Waals surface area contributed by atoms with Gasteiger partial charge in [-0.15, -0.1) is 23.7 Å². The predicted octanol–water partition coefficient (Wildman–Crippen LogP) is 5.31. The first-order valence-corrected chi connectivity index (χ1v) is 11.6. The molecule has 1 aromatic heterocycles. The van der Waals surface area contributed by atoms with E-state index in [1.807, 2.05) is 32.0 Å². The molecule has 5 nitrogen and oxygen atoms in total. The molecule has 33 heavy (non-hydrogen) atoms. The van der Waals surface area contributed by atoms with Crippen LogP contribution < -0.4 is 5.32 Å². The van der Waals surface area contributed by atoms with Crippen molar-refractivity contribution in [2.75, 3.05) is 19.0 Å². The minimum absolute atomic E-state index is 0. The summed E-state index contributed by atoms with van der Waals surface area (Å²) in [5, 5.41) is 3.59. The molecule has 0 saturated heterocycles. The van der Waals surface area contributed by atoms with Gasteiger partial charge in [0.25, 0.3) is 0 Å². The SMILES string of the molecule is COC(=O)c1c(NC(=O)Cc2ccc(C)cc2C)sc2c1CCN(Cc1ccccc1)C2.Cl. The molecule has 174 valence electrons. The molecule has 2 heterocycles. The zero-order valence-electron chi connectivity index (χ0n) is 19.1. The van der Waals surface area contributed by atoms with E-state index in [1.54, 1.807) is 0 Å². The molecule has 3 aromatic rings. The number of ether oxygens (including phenoxy) is 1. The Morgan fingerprint density at radius 2 is 1.88 bits per heavy atom. The quantitative estimate of drug-likeness (QED) is 0.481. The average Bonchev–Trinajstić information content (AvgIpc) is 3.12. The number of methoxy groups -OCH3 is 1. The lowest BCUT2D eigenvalue weighted by Crippen LogP contribution is -2.29. The van der Waals surface area contributed by atoms with Crippen molar-refractivity contribution in [3.8, 4) is 0 Å². The van der Waals surface area contributed by atoms with Crippen LogP contribution in [0.25, 0.3) is 0 Å². The van der Waals surface area contributed by atoms with Gasteiger partial charge < -0.3 is 10.1 Å². The number of aryl methyl sites for hydroxylation is 2. The highest BCUT2D eigenvalue weighted by Gasteiger charge is 2.29. The number of esters is 1. The number of anilines is 1. The predicted molar refractivity (Wildman–Crippen MR) is 135 cm³/mol. The second-order valence-electron chi connectivity index (χ2n) is 8.30. The normalized spacial score (nSPS) is 13.1. The minimum atomic E-state index is -0.388. The number of benzene rings is 2. The standard InChI is InChI=1S/C26H28N2O3S.ClH/c1-17-9-10-20(18(2)13-17)14-23(29)27-25-24(26(30)31-3)21-11-12-28(16-22(21)32-25)15-19-7-5-4-6-8-19;/h4-10,13H,11-12,14-16H2,1-3H3,(H,27,29);1H. The first-order chi connectivity index (χ1) is 15.4. The number of carbonyl (C=O) groups is 2. The molecule has 0 atom stereocenters. The minimum Gasteiger partial charge on any atom is -0.465 e. The fourth-order valence-electron chi connectivity index (χ4n) is 4.23. The maximum atomic E-state index is 12.8. The van der Waals surface area contributed by atoms with Crippen LogP contribution in [0.3, 0.4) is 0 Å². The molecular formula is C26H29ClN2O3S. The molecule has 1 N–H and O–H groups in total. The van der Waals surface area contributed by atoms with Crippen molar-refractivity contribution >= 4 is 40.6 Å². The number of thiophene rings is 1. The molecule has 0 aliphatic carbocycles. The summed E-state index contributed by atoms with van der Waals surface area (Å²) >= 11 is 1.49. The van der Waals surface area contributed by atoms with Crippen LogP contribution in [0.4, 0.5) is 5.00 Å². The lowest BCUT2D eigenvalue weighted by Gasteiger charge is -2.27. The van der Waals surface area contributed by atoms with E-state index in [2.05, 4.69) is 40.5 Å². The zero-order chi connectivity index (χ0) is 22.7. The van der Waals surface area contributed by atoms with E-state index in [0.717, 1.165) is 47.6 Å². The molecule has 0 radical (unpaired) electrons. The molecule has 7 heteroatoms. The number of hydrogen-bond donors (Lipinski definition) is 1. The van der Waals surface area contributed by atoms with Gasteiger partial charge in [0.1, 0.15) is 5.00 Å². The summed E-state index contributed by atoms with van der Waals surface area (Å²) in [5.41, 5.74) is 6.04. The summed E-state index contributed by atoms with van der Waals surface area (Å²) in [7, 11) is 1.39. The fourth-order valence-corrected chi connectivity index (χ4v) is 5.52. The van der Waals surface area contributed by atoms with Crippen molar-refractivity contribution in [3.05, 3.63) is 86.8 Å². The number of carbonyl (C=O) groups excluding carboxylic acids is 2. The Bertz CT molecular complexity index is 1140. The summed E-state index contributed by atoms with van der Waals surface area (Å²) in [5.74, 6) is -0.511. The van der Waals surface area contributed by atoms with E-state index in [4.69, 9.17) is 4.74 Å². The maximum Gasteiger partial charge on any atom is 0.341 e. The van der Waals surface area contributed by atoms with E-state index in [0.29, 0.717) is 10.6 Å². The summed E-state index contributed by atoms with van der Waals surface area (Å²) in [4.78, 5) is 28.9. The highest BCUT2D eigenvalue weighted by molar-refractivity contribution is 7.17. The van der Waals surface area contributed by atoms with Crippen molar-refractivity contribution in [2.45, 2.75) is 39.8 Å². The molecule has 4 rings (SSSR count). The van der Waals surface area contributed by atoms with Gasteiger partial charge in [-0.25, -0.2) is 4.79 Å². The third-order valence-corrected chi connectivity index (χ3v) is 7.01. The number of hydrogen-bond acceptors (Lipinski definition) is 5. The zero-order valence-corrected chi connectivity index (χ0v) is 20.8. The molecule has 0 fully saturated rings. The van der Waals surface area contributed by atoms with Crippen LogP contribution in [-0.4, -0.2) is 30.4 Å². The number of rotatable bonds is 6. The second-order valence-corrected chi connectivity index (χ2v) is 9.41. The van der Waals surface area contributed by atoms with Gasteiger partial charge in [0.05, 0.1) is 19.1 Å². The van der Waals surface area contributed by atoms with E-state index in [1.165, 1.54) is 29.6 Å². The van der Waals surface area contributed by atoms with E-state index >= 15 is 0 Å². The van der Waals surface area contributed by atoms with Crippen molar-refractivity contribution < 1.29 is 14.3 Å². The number of fused-ring (bicyclic) bond motifs is 1. The highest BCUT2D eigenvalue weighted by Crippen LogP contribution is 2.38. The Morgan fingerprint density at radius 3 is 2.58 bits per heavy atom. The third-order valence-electron chi connectivity index (χ3n) is 5.88. The second kappa shape index (κ2) is 11.0. The van der Waals surface area contributed by atoms with Gasteiger partial charge in [-0.2, -0.15) is 0 Å². The fraction of sp³-hybridized carbons (Fsp3) is 0.308. The van der Waals surface area contributed by atoms with E-state index < -0.39 is 0 Å². The van der Waals surface area contributed by atoms with Crippen LogP contribution in [0.2, 0.25) is 0 Å². The van der Waals surface area contributed by atoms with Gasteiger partial charge in [0.15, 0.2) is 0 Å². The molecule has 1 amide bonds. The molecular weight excluding hydrogens is 456 g/mol. The molecule has 1 aliphatic heterocycles. The van der Waals surface area contributed by atoms with Crippen molar-refractivity contribution in [1.29, 1.82) is 0 Å². The Hall–Kier alpha value is -2.67. The topological polar surface area (TPSA) is 58.6 Å². The van der Waals surface area contributed by atoms with Crippen LogP contribution in [0.1, 0.15) is 43.1 Å². The summed E-state index contributed by atoms with van der Waals surface area (Å²) in [6, 6.07) is 16.5. The van der Waals surface area contributed by atoms with E-state index in [9.17, 15) is 9.59 Å². The number of nitrogens with zero attached hydrogens (tertiary/aromatic N) is 1. The lowest BCUT2D eigenvalue weighted by molar-refractivity contribution is -0.115. The molecule has 1 aliphatic rings. The largest absolute Gasteiger partial charge is 0.465 e. The van der Waals surface area contributed by atoms with Crippen molar-refractivity contribution in [3.63, 3.8) is 0 Å². The van der Waals surface area contributed by atoms with Crippen LogP contribution in [-0.2, 0) is 35.5 Å². The third kappa shape index (κ3) is 5.82. The van der Waals surface area contributed by atoms with Crippen LogP contribution >= 0.6 is 23.7 Å². The monoisotopic (exact) mass is 484 g/mol. The van der Waals surface area contributed by atoms with Gasteiger partial charge in [-0.3, -0.25) is 9.69 Å². The highest BCUT2D eigenvalue weighted by atomic mass is 35.5. The molecule has 0 spiro atoms. The smallest absolute Gasteiger partial charge is 0.341 e. The van der Waals surface area contributed by atoms with Gasteiger partial charge in [0.2, 0.25) is 5.91 Å². The number of halogens is 1. The van der Waals surface area contributed by atoms with Crippen LogP contribution in [0, 0.1) is 13.8 Å². The summed E-state index contributed by atoms with van der Waals surface area (Å²) in [6.07, 6.45) is 1.03. The summed E-state index contributed by atoms with van der Waals surface area (Å²) < 4.78 is 5.06. The number of nitrogens with one attached hydrogen (secondary N) is 1. The first-order valence-electron chi connectivity index (χ1n) is 10.8. The van der Waals surface area contributed by atoms with Gasteiger partial charge in [0, 0.05) is 24.5 Å². The average molecular weight is 485 g/mol.